The van der Waals surface area contributed by atoms with Crippen LogP contribution in [0.1, 0.15) is 12.5 Å². The number of benzene rings is 2. The molecule has 0 saturated heterocycles. The molecule has 12 heteroatoms. The fourth-order valence-corrected chi connectivity index (χ4v) is 4.72. The molecule has 0 radical (unpaired) electrons. The molecule has 0 aromatic heterocycles. The maximum absolute atomic E-state index is 13.3. The van der Waals surface area contributed by atoms with E-state index in [1.807, 2.05) is 0 Å². The van der Waals surface area contributed by atoms with Crippen LogP contribution in [0.15, 0.2) is 36.4 Å². The van der Waals surface area contributed by atoms with Crippen molar-refractivity contribution in [3.8, 4) is 0 Å². The van der Waals surface area contributed by atoms with Crippen LogP contribution in [-0.4, -0.2) is 51.0 Å². The zero-order valence-electron chi connectivity index (χ0n) is 17.4. The van der Waals surface area contributed by atoms with Crippen LogP contribution in [0.4, 0.5) is 5.69 Å². The summed E-state index contributed by atoms with van der Waals surface area (Å²) in [5, 5.41) is 3.41. The summed E-state index contributed by atoms with van der Waals surface area (Å²) in [7, 11) is -2.51. The minimum atomic E-state index is -3.94. The smallest absolute Gasteiger partial charge is 0.244 e. The second-order valence-electron chi connectivity index (χ2n) is 6.88. The summed E-state index contributed by atoms with van der Waals surface area (Å²) in [6.45, 7) is 0.772. The van der Waals surface area contributed by atoms with Crippen LogP contribution < -0.4 is 9.62 Å². The van der Waals surface area contributed by atoms with Crippen LogP contribution in [0.2, 0.25) is 20.1 Å². The van der Waals surface area contributed by atoms with Crippen LogP contribution in [0.5, 0.6) is 0 Å². The van der Waals surface area contributed by atoms with E-state index >= 15 is 0 Å². The standard InChI is InChI=1S/C20H21Cl4N3O4S/c1-12(20(29)25-2)26(10-14-15(22)5-4-6-16(14)23)19(28)11-27(32(3,30)31)18-9-13(21)7-8-17(18)24/h4-9,12H,10-11H2,1-3H3,(H,25,29). The minimum Gasteiger partial charge on any atom is -0.357 e. The zero-order chi connectivity index (χ0) is 24.2. The third-order valence-corrected chi connectivity index (χ3v) is 7.05. The Morgan fingerprint density at radius 1 is 1.03 bits per heavy atom. The first-order valence-electron chi connectivity index (χ1n) is 9.23. The lowest BCUT2D eigenvalue weighted by atomic mass is 10.1. The van der Waals surface area contributed by atoms with Gasteiger partial charge in [0.1, 0.15) is 12.6 Å². The van der Waals surface area contributed by atoms with Gasteiger partial charge in [0.25, 0.3) is 0 Å². The predicted molar refractivity (Wildman–Crippen MR) is 129 cm³/mol. The van der Waals surface area contributed by atoms with Gasteiger partial charge in [-0.05, 0) is 37.3 Å². The van der Waals surface area contributed by atoms with E-state index in [-0.39, 0.29) is 22.3 Å². The zero-order valence-corrected chi connectivity index (χ0v) is 21.2. The largest absolute Gasteiger partial charge is 0.357 e. The fraction of sp³-hybridized carbons (Fsp3) is 0.300. The van der Waals surface area contributed by atoms with Crippen LogP contribution in [0, 0.1) is 0 Å². The van der Waals surface area contributed by atoms with Crippen molar-refractivity contribution in [3.05, 3.63) is 62.1 Å². The highest BCUT2D eigenvalue weighted by Gasteiger charge is 2.31. The van der Waals surface area contributed by atoms with Gasteiger partial charge in [0, 0.05) is 34.2 Å². The molecular weight excluding hydrogens is 520 g/mol. The first-order valence-corrected chi connectivity index (χ1v) is 12.6. The summed E-state index contributed by atoms with van der Waals surface area (Å²) in [6, 6.07) is 8.17. The predicted octanol–water partition coefficient (Wildman–Crippen LogP) is 4.23. The molecule has 0 aliphatic rings. The number of nitrogens with one attached hydrogen (secondary N) is 1. The van der Waals surface area contributed by atoms with Crippen molar-refractivity contribution >= 4 is 73.9 Å². The summed E-state index contributed by atoms with van der Waals surface area (Å²) < 4.78 is 25.9. The number of halogens is 4. The van der Waals surface area contributed by atoms with E-state index in [4.69, 9.17) is 46.4 Å². The van der Waals surface area contributed by atoms with Crippen molar-refractivity contribution in [2.24, 2.45) is 0 Å². The van der Waals surface area contributed by atoms with E-state index < -0.39 is 34.4 Å². The Kier molecular flexibility index (Phi) is 9.07. The highest BCUT2D eigenvalue weighted by atomic mass is 35.5. The molecular formula is C20H21Cl4N3O4S. The van der Waals surface area contributed by atoms with Crippen LogP contribution in [0.25, 0.3) is 0 Å². The molecule has 2 aromatic rings. The molecule has 0 bridgehead atoms. The topological polar surface area (TPSA) is 86.8 Å². The number of carbonyl (C=O) groups is 2. The monoisotopic (exact) mass is 539 g/mol. The Hall–Kier alpha value is -1.71. The molecule has 0 heterocycles. The molecule has 2 amide bonds. The highest BCUT2D eigenvalue weighted by Crippen LogP contribution is 2.31. The van der Waals surface area contributed by atoms with Crippen molar-refractivity contribution in [1.82, 2.24) is 10.2 Å². The lowest BCUT2D eigenvalue weighted by Gasteiger charge is -2.31. The number of hydrogen-bond donors (Lipinski definition) is 1. The Balaban J connectivity index is 2.49. The molecule has 32 heavy (non-hydrogen) atoms. The maximum Gasteiger partial charge on any atom is 0.244 e. The lowest BCUT2D eigenvalue weighted by molar-refractivity contribution is -0.139. The number of hydrogen-bond acceptors (Lipinski definition) is 4. The third kappa shape index (κ3) is 6.42. The van der Waals surface area contributed by atoms with Gasteiger partial charge in [0.15, 0.2) is 0 Å². The number of rotatable bonds is 8. The van der Waals surface area contributed by atoms with Crippen molar-refractivity contribution in [3.63, 3.8) is 0 Å². The Morgan fingerprint density at radius 2 is 1.62 bits per heavy atom. The molecule has 1 N–H and O–H groups in total. The van der Waals surface area contributed by atoms with Gasteiger partial charge in [0.05, 0.1) is 17.0 Å². The van der Waals surface area contributed by atoms with Crippen molar-refractivity contribution in [1.29, 1.82) is 0 Å². The third-order valence-electron chi connectivity index (χ3n) is 4.66. The normalized spacial score (nSPS) is 12.2. The van der Waals surface area contributed by atoms with E-state index in [1.54, 1.807) is 18.2 Å². The molecule has 7 nitrogen and oxygen atoms in total. The molecule has 1 unspecified atom stereocenters. The van der Waals surface area contributed by atoms with E-state index in [1.165, 1.54) is 37.1 Å². The van der Waals surface area contributed by atoms with Gasteiger partial charge in [0.2, 0.25) is 21.8 Å². The molecule has 2 aromatic carbocycles. The number of likely N-dealkylation sites (N-methyl/N-ethyl adjacent to an activating group) is 1. The second-order valence-corrected chi connectivity index (χ2v) is 10.4. The minimum absolute atomic E-state index is 0.0401. The number of nitrogens with zero attached hydrogens (tertiary/aromatic N) is 2. The Morgan fingerprint density at radius 3 is 2.16 bits per heavy atom. The average molecular weight is 541 g/mol. The Labute approximate surface area is 207 Å². The Bertz CT molecular complexity index is 1110. The molecule has 0 aliphatic carbocycles. The van der Waals surface area contributed by atoms with Gasteiger partial charge in [-0.25, -0.2) is 8.42 Å². The fourth-order valence-electron chi connectivity index (χ4n) is 2.92. The van der Waals surface area contributed by atoms with E-state index in [0.717, 1.165) is 10.6 Å². The first-order chi connectivity index (χ1) is 14.9. The van der Waals surface area contributed by atoms with Crippen LogP contribution >= 0.6 is 46.4 Å². The lowest BCUT2D eigenvalue weighted by Crippen LogP contribution is -2.50. The van der Waals surface area contributed by atoms with Gasteiger partial charge < -0.3 is 10.2 Å². The summed E-state index contributed by atoms with van der Waals surface area (Å²) >= 11 is 24.7. The van der Waals surface area contributed by atoms with Crippen molar-refractivity contribution in [2.75, 3.05) is 24.2 Å². The molecule has 0 spiro atoms. The van der Waals surface area contributed by atoms with Gasteiger partial charge in [-0.3, -0.25) is 13.9 Å². The van der Waals surface area contributed by atoms with Gasteiger partial charge in [-0.2, -0.15) is 0 Å². The molecule has 0 fully saturated rings. The van der Waals surface area contributed by atoms with Crippen LogP contribution in [0.3, 0.4) is 0 Å². The van der Waals surface area contributed by atoms with E-state index in [0.29, 0.717) is 15.6 Å². The summed E-state index contributed by atoms with van der Waals surface area (Å²) in [5.41, 5.74) is 0.463. The molecule has 1 atom stereocenters. The summed E-state index contributed by atoms with van der Waals surface area (Å²) in [4.78, 5) is 26.9. The molecule has 0 saturated carbocycles. The maximum atomic E-state index is 13.3. The summed E-state index contributed by atoms with van der Waals surface area (Å²) in [5.74, 6) is -1.12. The number of anilines is 1. The van der Waals surface area contributed by atoms with E-state index in [2.05, 4.69) is 5.32 Å². The van der Waals surface area contributed by atoms with E-state index in [9.17, 15) is 18.0 Å². The first kappa shape index (κ1) is 26.5. The number of sulfonamides is 1. The van der Waals surface area contributed by atoms with Crippen LogP contribution in [-0.2, 0) is 26.2 Å². The quantitative estimate of drug-likeness (QED) is 0.542. The van der Waals surface area contributed by atoms with Crippen molar-refractivity contribution < 1.29 is 18.0 Å². The molecule has 0 aliphatic heterocycles. The van der Waals surface area contributed by atoms with Gasteiger partial charge in [-0.15, -0.1) is 0 Å². The summed E-state index contributed by atoms with van der Waals surface area (Å²) in [6.07, 6.45) is 0.939. The van der Waals surface area contributed by atoms with Gasteiger partial charge >= 0.3 is 0 Å². The molecule has 2 rings (SSSR count). The number of amides is 2. The average Bonchev–Trinajstić information content (AvgIpc) is 2.71. The van der Waals surface area contributed by atoms with Crippen molar-refractivity contribution in [2.45, 2.75) is 19.5 Å². The van der Waals surface area contributed by atoms with Gasteiger partial charge in [-0.1, -0.05) is 52.5 Å². The SMILES string of the molecule is CNC(=O)C(C)N(Cc1c(Cl)cccc1Cl)C(=O)CN(c1cc(Cl)ccc1Cl)S(C)(=O)=O. The highest BCUT2D eigenvalue weighted by molar-refractivity contribution is 7.92. The number of carbonyl (C=O) groups excluding carboxylic acids is 2. The second kappa shape index (κ2) is 10.9. The molecule has 174 valence electrons.